The van der Waals surface area contributed by atoms with Crippen molar-refractivity contribution in [2.24, 2.45) is 17.6 Å². The van der Waals surface area contributed by atoms with Crippen molar-refractivity contribution in [3.63, 3.8) is 0 Å². The van der Waals surface area contributed by atoms with E-state index in [2.05, 4.69) is 0 Å². The molecule has 1 aliphatic rings. The number of amides is 1. The highest BCUT2D eigenvalue weighted by Crippen LogP contribution is 2.24. The Morgan fingerprint density at radius 2 is 2.05 bits per heavy atom. The minimum atomic E-state index is -0.294. The van der Waals surface area contributed by atoms with E-state index in [9.17, 15) is 9.90 Å². The molecule has 2 rings (SSSR count). The van der Waals surface area contributed by atoms with E-state index >= 15 is 0 Å². The minimum Gasteiger partial charge on any atom is -0.393 e. The van der Waals surface area contributed by atoms with Crippen molar-refractivity contribution in [3.8, 4) is 0 Å². The average molecular weight is 276 g/mol. The zero-order valence-corrected chi connectivity index (χ0v) is 12.2. The molecule has 4 nitrogen and oxygen atoms in total. The van der Waals surface area contributed by atoms with E-state index in [0.717, 1.165) is 5.56 Å². The minimum absolute atomic E-state index is 0.0834. The van der Waals surface area contributed by atoms with Crippen LogP contribution in [0, 0.1) is 11.8 Å². The second kappa shape index (κ2) is 6.37. The monoisotopic (exact) mass is 276 g/mol. The molecule has 3 N–H and O–H groups in total. The Balaban J connectivity index is 2.02. The molecular formula is C16H24N2O2. The fraction of sp³-hybridized carbons (Fsp3) is 0.562. The fourth-order valence-electron chi connectivity index (χ4n) is 2.74. The lowest BCUT2D eigenvalue weighted by molar-refractivity contribution is -0.139. The van der Waals surface area contributed by atoms with Gasteiger partial charge in [0.25, 0.3) is 0 Å². The largest absolute Gasteiger partial charge is 0.393 e. The summed E-state index contributed by atoms with van der Waals surface area (Å²) in [6, 6.07) is 9.44. The van der Waals surface area contributed by atoms with E-state index in [1.54, 1.807) is 0 Å². The van der Waals surface area contributed by atoms with Crippen molar-refractivity contribution < 1.29 is 9.90 Å². The SMILES string of the molecule is CC1CN(C(=O)C(C)C(N)c2ccccc2)CCC1O. The highest BCUT2D eigenvalue weighted by atomic mass is 16.3. The molecule has 0 aliphatic carbocycles. The van der Waals surface area contributed by atoms with E-state index in [-0.39, 0.29) is 29.9 Å². The summed E-state index contributed by atoms with van der Waals surface area (Å²) in [6.07, 6.45) is 0.359. The van der Waals surface area contributed by atoms with Crippen molar-refractivity contribution in [1.82, 2.24) is 4.90 Å². The van der Waals surface area contributed by atoms with E-state index in [1.165, 1.54) is 0 Å². The molecule has 4 unspecified atom stereocenters. The topological polar surface area (TPSA) is 66.6 Å². The maximum Gasteiger partial charge on any atom is 0.227 e. The third-order valence-corrected chi connectivity index (χ3v) is 4.28. The molecule has 0 bridgehead atoms. The number of nitrogens with two attached hydrogens (primary N) is 1. The summed E-state index contributed by atoms with van der Waals surface area (Å²) in [6.45, 7) is 5.10. The predicted molar refractivity (Wildman–Crippen MR) is 78.9 cm³/mol. The number of carbonyl (C=O) groups excluding carboxylic acids is 1. The van der Waals surface area contributed by atoms with Gasteiger partial charge in [-0.25, -0.2) is 0 Å². The van der Waals surface area contributed by atoms with E-state index < -0.39 is 0 Å². The number of likely N-dealkylation sites (tertiary alicyclic amines) is 1. The Bertz CT molecular complexity index is 449. The number of aliphatic hydroxyl groups is 1. The molecule has 1 heterocycles. The molecule has 1 fully saturated rings. The van der Waals surface area contributed by atoms with Gasteiger partial charge in [-0.15, -0.1) is 0 Å². The summed E-state index contributed by atoms with van der Waals surface area (Å²) in [5.74, 6) is -0.0344. The van der Waals surface area contributed by atoms with Crippen LogP contribution in [-0.2, 0) is 4.79 Å². The molecule has 0 aromatic heterocycles. The first-order valence-electron chi connectivity index (χ1n) is 7.28. The van der Waals surface area contributed by atoms with Crippen molar-refractivity contribution in [3.05, 3.63) is 35.9 Å². The summed E-state index contributed by atoms with van der Waals surface area (Å²) < 4.78 is 0. The van der Waals surface area contributed by atoms with Crippen LogP contribution >= 0.6 is 0 Å². The predicted octanol–water partition coefficient (Wildman–Crippen LogP) is 1.55. The van der Waals surface area contributed by atoms with Gasteiger partial charge in [0.2, 0.25) is 5.91 Å². The van der Waals surface area contributed by atoms with Crippen molar-refractivity contribution in [2.75, 3.05) is 13.1 Å². The lowest BCUT2D eigenvalue weighted by Crippen LogP contribution is -2.48. The molecular weight excluding hydrogens is 252 g/mol. The zero-order chi connectivity index (χ0) is 14.7. The lowest BCUT2D eigenvalue weighted by atomic mass is 9.91. The van der Waals surface area contributed by atoms with Gasteiger partial charge in [-0.05, 0) is 17.9 Å². The molecule has 1 aliphatic heterocycles. The van der Waals surface area contributed by atoms with Crippen molar-refractivity contribution >= 4 is 5.91 Å². The standard InChI is InChI=1S/C16H24N2O2/c1-11-10-18(9-8-14(11)19)16(20)12(2)15(17)13-6-4-3-5-7-13/h3-7,11-12,14-15,19H,8-10,17H2,1-2H3. The van der Waals surface area contributed by atoms with Crippen LogP contribution in [0.3, 0.4) is 0 Å². The summed E-state index contributed by atoms with van der Waals surface area (Å²) in [7, 11) is 0. The molecule has 1 amide bonds. The van der Waals surface area contributed by atoms with Crippen LogP contribution < -0.4 is 5.73 Å². The van der Waals surface area contributed by atoms with Gasteiger partial charge in [-0.1, -0.05) is 44.2 Å². The van der Waals surface area contributed by atoms with E-state index in [4.69, 9.17) is 5.73 Å². The number of carbonyl (C=O) groups is 1. The second-order valence-corrected chi connectivity index (χ2v) is 5.84. The van der Waals surface area contributed by atoms with Crippen molar-refractivity contribution in [1.29, 1.82) is 0 Å². The van der Waals surface area contributed by atoms with Crippen LogP contribution in [0.25, 0.3) is 0 Å². The van der Waals surface area contributed by atoms with Crippen LogP contribution in [0.4, 0.5) is 0 Å². The molecule has 0 spiro atoms. The van der Waals surface area contributed by atoms with Gasteiger partial charge in [0, 0.05) is 19.1 Å². The Morgan fingerprint density at radius 1 is 1.40 bits per heavy atom. The molecule has 1 aromatic carbocycles. The number of hydrogen-bond acceptors (Lipinski definition) is 3. The van der Waals surface area contributed by atoms with Crippen LogP contribution in [0.15, 0.2) is 30.3 Å². The van der Waals surface area contributed by atoms with E-state index in [1.807, 2.05) is 49.1 Å². The van der Waals surface area contributed by atoms with Gasteiger partial charge in [-0.2, -0.15) is 0 Å². The molecule has 0 saturated carbocycles. The maximum absolute atomic E-state index is 12.5. The number of rotatable bonds is 3. The first-order chi connectivity index (χ1) is 9.50. The zero-order valence-electron chi connectivity index (χ0n) is 12.2. The van der Waals surface area contributed by atoms with Crippen LogP contribution in [0.1, 0.15) is 31.9 Å². The maximum atomic E-state index is 12.5. The number of nitrogens with zero attached hydrogens (tertiary/aromatic N) is 1. The molecule has 1 saturated heterocycles. The smallest absolute Gasteiger partial charge is 0.227 e. The van der Waals surface area contributed by atoms with Gasteiger partial charge >= 0.3 is 0 Å². The fourth-order valence-corrected chi connectivity index (χ4v) is 2.74. The van der Waals surface area contributed by atoms with Crippen molar-refractivity contribution in [2.45, 2.75) is 32.4 Å². The van der Waals surface area contributed by atoms with E-state index in [0.29, 0.717) is 19.5 Å². The Labute approximate surface area is 120 Å². The highest BCUT2D eigenvalue weighted by Gasteiger charge is 2.31. The summed E-state index contributed by atoms with van der Waals surface area (Å²) in [5.41, 5.74) is 7.20. The highest BCUT2D eigenvalue weighted by molar-refractivity contribution is 5.79. The molecule has 0 radical (unpaired) electrons. The van der Waals surface area contributed by atoms with Gasteiger partial charge in [-0.3, -0.25) is 4.79 Å². The van der Waals surface area contributed by atoms with Crippen LogP contribution in [0.5, 0.6) is 0 Å². The lowest BCUT2D eigenvalue weighted by Gasteiger charge is -2.36. The summed E-state index contributed by atoms with van der Waals surface area (Å²) >= 11 is 0. The number of piperidine rings is 1. The van der Waals surface area contributed by atoms with Crippen LogP contribution in [0.2, 0.25) is 0 Å². The number of hydrogen-bond donors (Lipinski definition) is 2. The summed E-state index contributed by atoms with van der Waals surface area (Å²) in [4.78, 5) is 14.4. The molecule has 1 aromatic rings. The number of aliphatic hydroxyl groups excluding tert-OH is 1. The molecule has 20 heavy (non-hydrogen) atoms. The quantitative estimate of drug-likeness (QED) is 0.880. The Hall–Kier alpha value is -1.39. The first-order valence-corrected chi connectivity index (χ1v) is 7.28. The molecule has 4 atom stereocenters. The first kappa shape index (κ1) is 15.0. The Kier molecular flexibility index (Phi) is 4.78. The van der Waals surface area contributed by atoms with Gasteiger partial charge in [0.05, 0.1) is 12.0 Å². The average Bonchev–Trinajstić information content (AvgIpc) is 2.48. The second-order valence-electron chi connectivity index (χ2n) is 5.84. The van der Waals surface area contributed by atoms with Gasteiger partial charge < -0.3 is 15.7 Å². The van der Waals surface area contributed by atoms with Gasteiger partial charge in [0.1, 0.15) is 0 Å². The van der Waals surface area contributed by atoms with Crippen LogP contribution in [-0.4, -0.2) is 35.1 Å². The molecule has 110 valence electrons. The summed E-state index contributed by atoms with van der Waals surface area (Å²) in [5, 5.41) is 9.74. The normalized spacial score (nSPS) is 26.1. The van der Waals surface area contributed by atoms with Gasteiger partial charge in [0.15, 0.2) is 0 Å². The number of benzene rings is 1. The molecule has 4 heteroatoms. The third kappa shape index (κ3) is 3.19. The Morgan fingerprint density at radius 3 is 2.65 bits per heavy atom. The third-order valence-electron chi connectivity index (χ3n) is 4.28.